The molecular formula is C30H26N4O5S3. The minimum atomic E-state index is -3.83. The predicted octanol–water partition coefficient (Wildman–Crippen LogP) is 5.08. The number of aryl methyl sites for hydroxylation is 1. The molecule has 42 heavy (non-hydrogen) atoms. The first-order chi connectivity index (χ1) is 20.1. The highest BCUT2D eigenvalue weighted by molar-refractivity contribution is 7.92. The molecule has 9 nitrogen and oxygen atoms in total. The van der Waals surface area contributed by atoms with Crippen LogP contribution >= 0.6 is 11.3 Å². The van der Waals surface area contributed by atoms with E-state index in [0.717, 1.165) is 30.2 Å². The fourth-order valence-corrected chi connectivity index (χ4v) is 8.21. The van der Waals surface area contributed by atoms with Gasteiger partial charge in [0.2, 0.25) is 0 Å². The first-order valence-corrected chi connectivity index (χ1v) is 17.3. The smallest absolute Gasteiger partial charge is 0.264 e. The van der Waals surface area contributed by atoms with E-state index in [9.17, 15) is 21.6 Å². The quantitative estimate of drug-likeness (QED) is 0.250. The number of hydrogen-bond acceptors (Lipinski definition) is 8. The van der Waals surface area contributed by atoms with Crippen molar-refractivity contribution in [3.8, 4) is 0 Å². The lowest BCUT2D eigenvalue weighted by atomic mass is 10.0. The molecule has 0 saturated heterocycles. The van der Waals surface area contributed by atoms with E-state index in [2.05, 4.69) is 9.97 Å². The number of carbonyl (C=O) groups is 1. The molecule has 3 aromatic carbocycles. The van der Waals surface area contributed by atoms with Crippen molar-refractivity contribution in [2.45, 2.75) is 29.2 Å². The van der Waals surface area contributed by atoms with Gasteiger partial charge in [0.1, 0.15) is 0 Å². The van der Waals surface area contributed by atoms with Gasteiger partial charge in [-0.1, -0.05) is 35.6 Å². The minimum Gasteiger partial charge on any atom is -0.279 e. The van der Waals surface area contributed by atoms with Crippen LogP contribution < -0.4 is 9.21 Å². The molecule has 0 saturated carbocycles. The first kappa shape index (κ1) is 28.0. The number of thiazole rings is 1. The number of para-hydroxylation sites is 1. The number of anilines is 2. The monoisotopic (exact) mass is 618 g/mol. The van der Waals surface area contributed by atoms with Crippen molar-refractivity contribution in [2.24, 2.45) is 0 Å². The van der Waals surface area contributed by atoms with Gasteiger partial charge in [-0.25, -0.2) is 21.8 Å². The molecule has 3 heterocycles. The van der Waals surface area contributed by atoms with E-state index in [1.54, 1.807) is 30.6 Å². The second kappa shape index (κ2) is 10.9. The summed E-state index contributed by atoms with van der Waals surface area (Å²) in [6, 6.07) is 21.7. The molecule has 0 atom stereocenters. The Hall–Kier alpha value is -4.13. The Balaban J connectivity index is 1.34. The molecule has 0 fully saturated rings. The lowest BCUT2D eigenvalue weighted by Gasteiger charge is -2.30. The molecule has 2 aromatic heterocycles. The van der Waals surface area contributed by atoms with Gasteiger partial charge >= 0.3 is 0 Å². The van der Waals surface area contributed by atoms with Gasteiger partial charge < -0.3 is 0 Å². The molecule has 1 aliphatic rings. The molecular weight excluding hydrogens is 593 g/mol. The Bertz CT molecular complexity index is 2010. The van der Waals surface area contributed by atoms with Crippen LogP contribution in [0.25, 0.3) is 10.2 Å². The van der Waals surface area contributed by atoms with Crippen LogP contribution in [0.4, 0.5) is 10.8 Å². The summed E-state index contributed by atoms with van der Waals surface area (Å²) in [5, 5.41) is 0.381. The molecule has 12 heteroatoms. The third-order valence-electron chi connectivity index (χ3n) is 7.07. The van der Waals surface area contributed by atoms with Crippen molar-refractivity contribution in [1.82, 2.24) is 9.97 Å². The summed E-state index contributed by atoms with van der Waals surface area (Å²) in [5.41, 5.74) is 3.29. The average molecular weight is 619 g/mol. The fraction of sp³-hybridized carbons (Fsp3) is 0.167. The van der Waals surface area contributed by atoms with Gasteiger partial charge in [-0.15, -0.1) is 0 Å². The van der Waals surface area contributed by atoms with E-state index in [0.29, 0.717) is 27.6 Å². The molecule has 6 rings (SSSR count). The third-order valence-corrected chi connectivity index (χ3v) is 11.1. The van der Waals surface area contributed by atoms with Crippen molar-refractivity contribution in [1.29, 1.82) is 0 Å². The number of aromatic nitrogens is 2. The average Bonchev–Trinajstić information content (AvgIpc) is 3.43. The number of hydrogen-bond donors (Lipinski definition) is 0. The van der Waals surface area contributed by atoms with Gasteiger partial charge in [0.25, 0.3) is 15.9 Å². The number of benzene rings is 3. The molecule has 1 amide bonds. The zero-order chi connectivity index (χ0) is 29.5. The van der Waals surface area contributed by atoms with Crippen LogP contribution in [0.1, 0.15) is 27.9 Å². The Morgan fingerprint density at radius 2 is 1.71 bits per heavy atom. The second-order valence-corrected chi connectivity index (χ2v) is 14.9. The molecule has 0 N–H and O–H groups in total. The zero-order valence-electron chi connectivity index (χ0n) is 22.5. The second-order valence-electron chi connectivity index (χ2n) is 9.98. The number of pyridine rings is 1. The topological polar surface area (TPSA) is 118 Å². The molecule has 0 bridgehead atoms. The van der Waals surface area contributed by atoms with Gasteiger partial charge in [-0.3, -0.25) is 19.0 Å². The molecule has 0 aliphatic carbocycles. The number of rotatable bonds is 7. The van der Waals surface area contributed by atoms with Crippen molar-refractivity contribution in [3.63, 3.8) is 0 Å². The van der Waals surface area contributed by atoms with Crippen LogP contribution in [0.5, 0.6) is 0 Å². The molecule has 5 aromatic rings. The SMILES string of the molecule is CS(=O)(=O)c1ccc2nc(N(Cc3cccnc3)C(=O)c3ccc(S(=O)(=O)N4CCCc5ccccc54)cc3)sc2c1. The predicted molar refractivity (Wildman–Crippen MR) is 163 cm³/mol. The van der Waals surface area contributed by atoms with E-state index < -0.39 is 19.9 Å². The third kappa shape index (κ3) is 5.40. The summed E-state index contributed by atoms with van der Waals surface area (Å²) in [6.45, 7) is 0.549. The van der Waals surface area contributed by atoms with E-state index in [1.807, 2.05) is 30.3 Å². The maximum atomic E-state index is 13.9. The van der Waals surface area contributed by atoms with Crippen molar-refractivity contribution < 1.29 is 21.6 Å². The Labute approximate surface area is 248 Å². The molecule has 0 unspecified atom stereocenters. The first-order valence-electron chi connectivity index (χ1n) is 13.1. The fourth-order valence-electron chi connectivity index (χ4n) is 4.94. The zero-order valence-corrected chi connectivity index (χ0v) is 25.0. The number of fused-ring (bicyclic) bond motifs is 2. The Morgan fingerprint density at radius 3 is 2.45 bits per heavy atom. The highest BCUT2D eigenvalue weighted by Crippen LogP contribution is 2.34. The number of sulfone groups is 1. The van der Waals surface area contributed by atoms with Crippen LogP contribution in [-0.2, 0) is 32.8 Å². The van der Waals surface area contributed by atoms with E-state index in [4.69, 9.17) is 0 Å². The van der Waals surface area contributed by atoms with Crippen LogP contribution in [0.3, 0.4) is 0 Å². The van der Waals surface area contributed by atoms with Crippen LogP contribution in [-0.4, -0.2) is 45.5 Å². The molecule has 0 radical (unpaired) electrons. The highest BCUT2D eigenvalue weighted by Gasteiger charge is 2.29. The summed E-state index contributed by atoms with van der Waals surface area (Å²) in [6.07, 6.45) is 5.98. The van der Waals surface area contributed by atoms with Crippen molar-refractivity contribution in [3.05, 3.63) is 108 Å². The molecule has 1 aliphatic heterocycles. The minimum absolute atomic E-state index is 0.0999. The maximum absolute atomic E-state index is 13.9. The number of nitrogens with zero attached hydrogens (tertiary/aromatic N) is 4. The summed E-state index contributed by atoms with van der Waals surface area (Å²) < 4.78 is 53.4. The van der Waals surface area contributed by atoms with Gasteiger partial charge in [-0.2, -0.15) is 0 Å². The number of amides is 1. The van der Waals surface area contributed by atoms with E-state index >= 15 is 0 Å². The largest absolute Gasteiger partial charge is 0.279 e. The van der Waals surface area contributed by atoms with Gasteiger partial charge in [0.15, 0.2) is 15.0 Å². The van der Waals surface area contributed by atoms with Crippen molar-refractivity contribution >= 4 is 58.1 Å². The maximum Gasteiger partial charge on any atom is 0.264 e. The van der Waals surface area contributed by atoms with Crippen LogP contribution in [0.2, 0.25) is 0 Å². The summed E-state index contributed by atoms with van der Waals surface area (Å²) in [7, 11) is -7.25. The van der Waals surface area contributed by atoms with E-state index in [-0.39, 0.29) is 27.8 Å². The van der Waals surface area contributed by atoms with E-state index in [1.165, 1.54) is 50.9 Å². The van der Waals surface area contributed by atoms with Crippen LogP contribution in [0, 0.1) is 0 Å². The summed E-state index contributed by atoms with van der Waals surface area (Å²) in [4.78, 5) is 24.4. The lowest BCUT2D eigenvalue weighted by Crippen LogP contribution is -2.35. The molecule has 214 valence electrons. The Kier molecular flexibility index (Phi) is 7.29. The highest BCUT2D eigenvalue weighted by atomic mass is 32.2. The Morgan fingerprint density at radius 1 is 0.952 bits per heavy atom. The standard InChI is InChI=1S/C30H26N4O5S3/c1-41(36,37)25-14-15-26-28(18-25)40-30(32-26)33(20-21-6-4-16-31-19-21)29(35)23-10-12-24(13-11-23)42(38,39)34-17-5-8-22-7-2-3-9-27(22)34/h2-4,6-7,9-16,18-19H,5,8,17,20H2,1H3. The van der Waals surface area contributed by atoms with Crippen molar-refractivity contribution in [2.75, 3.05) is 22.0 Å². The summed E-state index contributed by atoms with van der Waals surface area (Å²) >= 11 is 1.20. The lowest BCUT2D eigenvalue weighted by molar-refractivity contribution is 0.0985. The van der Waals surface area contributed by atoms with Gasteiger partial charge in [0.05, 0.1) is 32.2 Å². The number of carbonyl (C=O) groups excluding carboxylic acids is 1. The normalized spacial score (nSPS) is 13.6. The molecule has 0 spiro atoms. The van der Waals surface area contributed by atoms with Gasteiger partial charge in [0, 0.05) is 30.8 Å². The van der Waals surface area contributed by atoms with Crippen LogP contribution in [0.15, 0.2) is 101 Å². The van der Waals surface area contributed by atoms with Gasteiger partial charge in [-0.05, 0) is 78.6 Å². The summed E-state index contributed by atoms with van der Waals surface area (Å²) in [5.74, 6) is -0.381. The number of sulfonamides is 1.